The maximum absolute atomic E-state index is 13.6. The first-order chi connectivity index (χ1) is 20.5. The number of rotatable bonds is 12. The van der Waals surface area contributed by atoms with Crippen LogP contribution in [0.5, 0.6) is 11.5 Å². The Morgan fingerprint density at radius 2 is 1.79 bits per heavy atom. The number of nitrogens with zero attached hydrogens (tertiary/aromatic N) is 2. The number of sulfonamides is 1. The van der Waals surface area contributed by atoms with Gasteiger partial charge in [-0.25, -0.2) is 13.2 Å². The lowest BCUT2D eigenvalue weighted by atomic mass is 10.0. The van der Waals surface area contributed by atoms with E-state index in [4.69, 9.17) is 38.4 Å². The minimum atomic E-state index is -4.06. The first kappa shape index (κ1) is 31.6. The summed E-state index contributed by atoms with van der Waals surface area (Å²) in [5.74, 6) is -0.253. The summed E-state index contributed by atoms with van der Waals surface area (Å²) in [5, 5.41) is -0.737. The highest BCUT2D eigenvalue weighted by atomic mass is 35.5. The smallest absolute Gasteiger partial charge is 0.387 e. The fraction of sp³-hybridized carbons (Fsp3) is 0.357. The summed E-state index contributed by atoms with van der Waals surface area (Å²) in [6.45, 7) is -2.68. The predicted octanol–water partition coefficient (Wildman–Crippen LogP) is 5.95. The number of nitrogens with two attached hydrogens (primary N) is 1. The number of alkyl halides is 2. The molecule has 15 heteroatoms. The molecule has 2 fully saturated rings. The number of ether oxygens (including phenoxy) is 3. The van der Waals surface area contributed by atoms with Crippen molar-refractivity contribution in [3.63, 3.8) is 0 Å². The summed E-state index contributed by atoms with van der Waals surface area (Å²) < 4.78 is 70.6. The number of pyridine rings is 1. The molecule has 2 aliphatic rings. The zero-order valence-corrected chi connectivity index (χ0v) is 25.6. The zero-order valence-electron chi connectivity index (χ0n) is 22.5. The van der Waals surface area contributed by atoms with Gasteiger partial charge in [0, 0.05) is 36.8 Å². The van der Waals surface area contributed by atoms with Crippen molar-refractivity contribution in [1.29, 1.82) is 0 Å². The maximum Gasteiger partial charge on any atom is 0.387 e. The Morgan fingerprint density at radius 3 is 2.44 bits per heavy atom. The molecule has 9 nitrogen and oxygen atoms in total. The van der Waals surface area contributed by atoms with E-state index < -0.39 is 34.1 Å². The molecule has 2 aromatic carbocycles. The number of halogens is 4. The van der Waals surface area contributed by atoms with Gasteiger partial charge in [-0.1, -0.05) is 29.3 Å². The molecule has 230 valence electrons. The molecule has 1 saturated heterocycles. The van der Waals surface area contributed by atoms with Crippen molar-refractivity contribution < 1.29 is 36.2 Å². The highest BCUT2D eigenvalue weighted by molar-refractivity contribution is 8.02. The van der Waals surface area contributed by atoms with Crippen LogP contribution in [-0.2, 0) is 26.0 Å². The van der Waals surface area contributed by atoms with Gasteiger partial charge >= 0.3 is 12.6 Å². The molecule has 1 aliphatic carbocycles. The third-order valence-corrected chi connectivity index (χ3v) is 10.7. The molecule has 43 heavy (non-hydrogen) atoms. The van der Waals surface area contributed by atoms with Crippen LogP contribution in [-0.4, -0.2) is 54.6 Å². The highest BCUT2D eigenvalue weighted by Gasteiger charge is 2.42. The third kappa shape index (κ3) is 7.63. The topological polar surface area (TPSA) is 121 Å². The van der Waals surface area contributed by atoms with Crippen molar-refractivity contribution in [1.82, 2.24) is 9.29 Å². The SMILES string of the molecule is Nc1ccc(S(=O)(=O)N2CCS[C@H]2C(=O)O[C@@H](Cc2c(Cl)cncc2Cl)c2ccc(OC(F)F)c(OCC3CC3)c2)cc1. The summed E-state index contributed by atoms with van der Waals surface area (Å²) in [7, 11) is -4.06. The fourth-order valence-corrected chi connectivity index (χ4v) is 8.00. The number of carbonyl (C=O) groups excluding carboxylic acids is 1. The molecular weight excluding hydrogens is 647 g/mol. The van der Waals surface area contributed by atoms with Gasteiger partial charge in [-0.2, -0.15) is 13.1 Å². The van der Waals surface area contributed by atoms with E-state index in [9.17, 15) is 22.0 Å². The zero-order chi connectivity index (χ0) is 30.7. The van der Waals surface area contributed by atoms with E-state index in [-0.39, 0.29) is 39.4 Å². The van der Waals surface area contributed by atoms with Crippen LogP contribution in [0.4, 0.5) is 14.5 Å². The Kier molecular flexibility index (Phi) is 9.86. The van der Waals surface area contributed by atoms with Crippen molar-refractivity contribution >= 4 is 56.6 Å². The van der Waals surface area contributed by atoms with Crippen LogP contribution in [0.25, 0.3) is 0 Å². The molecule has 0 radical (unpaired) electrons. The molecule has 3 aromatic rings. The molecule has 2 N–H and O–H groups in total. The molecule has 0 spiro atoms. The van der Waals surface area contributed by atoms with Gasteiger partial charge in [0.2, 0.25) is 10.0 Å². The van der Waals surface area contributed by atoms with Crippen LogP contribution in [0.1, 0.15) is 30.1 Å². The van der Waals surface area contributed by atoms with Crippen LogP contribution in [0.2, 0.25) is 10.0 Å². The second kappa shape index (κ2) is 13.4. The van der Waals surface area contributed by atoms with Crippen LogP contribution < -0.4 is 15.2 Å². The lowest BCUT2D eigenvalue weighted by Crippen LogP contribution is -2.40. The minimum Gasteiger partial charge on any atom is -0.489 e. The van der Waals surface area contributed by atoms with Crippen molar-refractivity contribution in [2.75, 3.05) is 24.6 Å². The van der Waals surface area contributed by atoms with Crippen molar-refractivity contribution in [2.24, 2.45) is 5.92 Å². The summed E-state index contributed by atoms with van der Waals surface area (Å²) in [4.78, 5) is 17.6. The standard InChI is InChI=1S/C28H27Cl2F2N3O6S2/c29-21-13-34-14-22(30)20(21)12-24(17-3-8-23(41-28(31)32)25(11-17)39-15-16-1-2-16)40-27(36)26-35(9-10-42-26)43(37,38)19-6-4-18(33)5-7-19/h3-8,11,13-14,16,24,26,28H,1-2,9-10,12,15,33H2/t24-,26-/m0/s1. The van der Waals surface area contributed by atoms with Gasteiger partial charge in [0.1, 0.15) is 6.10 Å². The first-order valence-corrected chi connectivity index (χ1v) is 16.5. The summed E-state index contributed by atoms with van der Waals surface area (Å²) in [6.07, 6.45) is 3.64. The lowest BCUT2D eigenvalue weighted by Gasteiger charge is -2.26. The van der Waals surface area contributed by atoms with Crippen LogP contribution in [0.15, 0.2) is 59.8 Å². The van der Waals surface area contributed by atoms with Gasteiger partial charge in [0.25, 0.3) is 0 Å². The summed E-state index contributed by atoms with van der Waals surface area (Å²) in [6, 6.07) is 9.91. The van der Waals surface area contributed by atoms with E-state index in [1.165, 1.54) is 54.9 Å². The number of benzene rings is 2. The monoisotopic (exact) mass is 673 g/mol. The Balaban J connectivity index is 1.46. The molecule has 5 rings (SSSR count). The van der Waals surface area contributed by atoms with Crippen LogP contribution >= 0.6 is 35.0 Å². The molecule has 1 saturated carbocycles. The average molecular weight is 675 g/mol. The second-order valence-electron chi connectivity index (χ2n) is 9.96. The van der Waals surface area contributed by atoms with Crippen molar-refractivity contribution in [3.8, 4) is 11.5 Å². The second-order valence-corrected chi connectivity index (χ2v) is 13.9. The number of carbonyl (C=O) groups is 1. The van der Waals surface area contributed by atoms with Gasteiger partial charge in [-0.05, 0) is 66.3 Å². The summed E-state index contributed by atoms with van der Waals surface area (Å²) in [5.41, 5.74) is 6.91. The van der Waals surface area contributed by atoms with Gasteiger partial charge in [0.05, 0.1) is 21.5 Å². The number of anilines is 1. The Bertz CT molecular complexity index is 1560. The average Bonchev–Trinajstić information content (AvgIpc) is 3.65. The number of aromatic nitrogens is 1. The van der Waals surface area contributed by atoms with E-state index in [0.717, 1.165) is 28.9 Å². The highest BCUT2D eigenvalue weighted by Crippen LogP contribution is 2.39. The Hall–Kier alpha value is -2.84. The molecule has 0 unspecified atom stereocenters. The van der Waals surface area contributed by atoms with E-state index in [1.807, 2.05) is 0 Å². The fourth-order valence-electron chi connectivity index (χ4n) is 4.43. The quantitative estimate of drug-likeness (QED) is 0.184. The van der Waals surface area contributed by atoms with Gasteiger partial charge in [0.15, 0.2) is 16.9 Å². The minimum absolute atomic E-state index is 0.0130. The van der Waals surface area contributed by atoms with Crippen molar-refractivity contribution in [3.05, 3.63) is 76.0 Å². The van der Waals surface area contributed by atoms with Gasteiger partial charge in [-0.3, -0.25) is 4.98 Å². The van der Waals surface area contributed by atoms with Gasteiger partial charge < -0.3 is 19.9 Å². The van der Waals surface area contributed by atoms with Crippen LogP contribution in [0.3, 0.4) is 0 Å². The number of hydrogen-bond acceptors (Lipinski definition) is 9. The molecule has 1 aromatic heterocycles. The molecule has 1 aliphatic heterocycles. The third-order valence-electron chi connectivity index (χ3n) is 6.86. The molecule has 2 heterocycles. The molecular formula is C28H27Cl2F2N3O6S2. The number of hydrogen-bond donors (Lipinski definition) is 1. The molecule has 2 atom stereocenters. The van der Waals surface area contributed by atoms with E-state index in [0.29, 0.717) is 35.1 Å². The lowest BCUT2D eigenvalue weighted by molar-refractivity contribution is -0.150. The molecule has 0 bridgehead atoms. The van der Waals surface area contributed by atoms with E-state index >= 15 is 0 Å². The largest absolute Gasteiger partial charge is 0.489 e. The number of esters is 1. The Morgan fingerprint density at radius 1 is 1.09 bits per heavy atom. The van der Waals surface area contributed by atoms with E-state index in [1.54, 1.807) is 0 Å². The van der Waals surface area contributed by atoms with Gasteiger partial charge in [-0.15, -0.1) is 11.8 Å². The Labute approximate surface area is 261 Å². The summed E-state index contributed by atoms with van der Waals surface area (Å²) >= 11 is 13.9. The first-order valence-electron chi connectivity index (χ1n) is 13.2. The number of nitrogen functional groups attached to an aromatic ring is 1. The predicted molar refractivity (Wildman–Crippen MR) is 159 cm³/mol. The maximum atomic E-state index is 13.6. The molecule has 0 amide bonds. The van der Waals surface area contributed by atoms with E-state index in [2.05, 4.69) is 9.72 Å². The van der Waals surface area contributed by atoms with Crippen molar-refractivity contribution in [2.45, 2.75) is 42.2 Å². The normalized spacial score (nSPS) is 18.0. The van der Waals surface area contributed by atoms with Crippen LogP contribution in [0, 0.1) is 5.92 Å². The number of thioether (sulfide) groups is 1.